The zero-order valence-electron chi connectivity index (χ0n) is 17.7. The zero-order valence-corrected chi connectivity index (χ0v) is 17.7. The molecule has 164 valence electrons. The maximum absolute atomic E-state index is 13.0. The molecule has 1 aliphatic rings. The average Bonchev–Trinajstić information content (AvgIpc) is 2.97. The van der Waals surface area contributed by atoms with Crippen LogP contribution >= 0.6 is 0 Å². The lowest BCUT2D eigenvalue weighted by atomic mass is 9.92. The van der Waals surface area contributed by atoms with Crippen LogP contribution in [0.15, 0.2) is 54.6 Å². The first-order valence-electron chi connectivity index (χ1n) is 9.83. The van der Waals surface area contributed by atoms with Crippen LogP contribution in [0.3, 0.4) is 0 Å². The summed E-state index contributed by atoms with van der Waals surface area (Å²) in [7, 11) is 1.53. The van der Waals surface area contributed by atoms with Crippen LogP contribution in [0, 0.1) is 0 Å². The van der Waals surface area contributed by atoms with Gasteiger partial charge in [-0.25, -0.2) is 4.79 Å². The molecule has 0 aliphatic carbocycles. The molecule has 2 aromatic rings. The number of aliphatic hydroxyl groups is 1. The van der Waals surface area contributed by atoms with Gasteiger partial charge in [-0.15, -0.1) is 0 Å². The summed E-state index contributed by atoms with van der Waals surface area (Å²) in [6.07, 6.45) is -0.678. The molecule has 3 N–H and O–H groups in total. The van der Waals surface area contributed by atoms with Crippen molar-refractivity contribution in [1.82, 2.24) is 15.8 Å². The average molecular weight is 426 g/mol. The highest BCUT2D eigenvalue weighted by molar-refractivity contribution is 6.08. The van der Waals surface area contributed by atoms with Crippen molar-refractivity contribution in [3.63, 3.8) is 0 Å². The summed E-state index contributed by atoms with van der Waals surface area (Å²) in [4.78, 5) is 39.8. The van der Waals surface area contributed by atoms with Crippen molar-refractivity contribution >= 4 is 23.5 Å². The van der Waals surface area contributed by atoms with E-state index in [9.17, 15) is 19.5 Å². The number of ether oxygens (including phenoxy) is 1. The first kappa shape index (κ1) is 22.1. The molecular weight excluding hydrogens is 400 g/mol. The summed E-state index contributed by atoms with van der Waals surface area (Å²) in [5, 5.41) is 13.1. The summed E-state index contributed by atoms with van der Waals surface area (Å²) in [6, 6.07) is 15.1. The van der Waals surface area contributed by atoms with E-state index in [0.717, 1.165) is 5.69 Å². The van der Waals surface area contributed by atoms with Crippen LogP contribution in [0.4, 0.5) is 10.5 Å². The molecule has 0 saturated carbocycles. The molecule has 1 heterocycles. The van der Waals surface area contributed by atoms with Crippen molar-refractivity contribution in [3.05, 3.63) is 60.2 Å². The molecule has 9 heteroatoms. The van der Waals surface area contributed by atoms with E-state index in [1.165, 1.54) is 7.11 Å². The number of anilines is 1. The van der Waals surface area contributed by atoms with Gasteiger partial charge in [-0.05, 0) is 43.7 Å². The fourth-order valence-corrected chi connectivity index (χ4v) is 3.41. The number of benzene rings is 2. The maximum atomic E-state index is 13.0. The van der Waals surface area contributed by atoms with Crippen LogP contribution < -0.4 is 20.4 Å². The summed E-state index contributed by atoms with van der Waals surface area (Å²) >= 11 is 0. The smallest absolute Gasteiger partial charge is 0.344 e. The van der Waals surface area contributed by atoms with Crippen LogP contribution in [-0.2, 0) is 15.1 Å². The van der Waals surface area contributed by atoms with Crippen molar-refractivity contribution in [2.75, 3.05) is 25.1 Å². The second-order valence-corrected chi connectivity index (χ2v) is 7.52. The molecule has 0 radical (unpaired) electrons. The third-order valence-corrected chi connectivity index (χ3v) is 5.04. The number of aliphatic hydroxyl groups excluding tert-OH is 1. The first-order chi connectivity index (χ1) is 14.7. The largest absolute Gasteiger partial charge is 0.497 e. The first-order valence-corrected chi connectivity index (χ1v) is 9.83. The summed E-state index contributed by atoms with van der Waals surface area (Å²) in [5.74, 6) is -0.543. The summed E-state index contributed by atoms with van der Waals surface area (Å²) in [5.41, 5.74) is 2.35. The number of nitrogens with zero attached hydrogens (tertiary/aromatic N) is 2. The van der Waals surface area contributed by atoms with E-state index in [1.807, 2.05) is 30.3 Å². The van der Waals surface area contributed by atoms with Crippen LogP contribution in [0.2, 0.25) is 0 Å². The normalized spacial score (nSPS) is 19.0. The van der Waals surface area contributed by atoms with Gasteiger partial charge in [-0.1, -0.05) is 30.3 Å². The molecule has 2 unspecified atom stereocenters. The second kappa shape index (κ2) is 9.05. The number of amides is 4. The van der Waals surface area contributed by atoms with Gasteiger partial charge in [-0.3, -0.25) is 15.0 Å². The SMILES string of the molecule is COc1ccc(C2(C)NC(=O)N(NC(=O)CN(CC(C)O)c3ccccc3)C2=O)cc1. The van der Waals surface area contributed by atoms with E-state index < -0.39 is 29.5 Å². The maximum Gasteiger partial charge on any atom is 0.344 e. The predicted octanol–water partition coefficient (Wildman–Crippen LogP) is 1.38. The lowest BCUT2D eigenvalue weighted by molar-refractivity contribution is -0.138. The number of imide groups is 1. The number of para-hydroxylation sites is 1. The van der Waals surface area contributed by atoms with Gasteiger partial charge in [0, 0.05) is 12.2 Å². The van der Waals surface area contributed by atoms with Crippen LogP contribution in [0.25, 0.3) is 0 Å². The summed E-state index contributed by atoms with van der Waals surface area (Å²) in [6.45, 7) is 3.25. The van der Waals surface area contributed by atoms with Crippen LogP contribution in [0.1, 0.15) is 19.4 Å². The molecule has 0 aromatic heterocycles. The van der Waals surface area contributed by atoms with Crippen LogP contribution in [-0.4, -0.2) is 54.3 Å². The minimum atomic E-state index is -1.32. The topological polar surface area (TPSA) is 111 Å². The molecule has 9 nitrogen and oxygen atoms in total. The number of hydrogen-bond acceptors (Lipinski definition) is 6. The molecule has 4 amide bonds. The van der Waals surface area contributed by atoms with Gasteiger partial charge in [0.2, 0.25) is 0 Å². The number of rotatable bonds is 8. The molecule has 2 atom stereocenters. The second-order valence-electron chi connectivity index (χ2n) is 7.52. The van der Waals surface area contributed by atoms with Crippen molar-refractivity contribution < 1.29 is 24.2 Å². The fraction of sp³-hybridized carbons (Fsp3) is 0.318. The Balaban J connectivity index is 1.73. The Morgan fingerprint density at radius 2 is 1.84 bits per heavy atom. The lowest BCUT2D eigenvalue weighted by Gasteiger charge is -2.26. The Labute approximate surface area is 180 Å². The minimum absolute atomic E-state index is 0.148. The number of hydrogen-bond donors (Lipinski definition) is 3. The van der Waals surface area contributed by atoms with Crippen molar-refractivity contribution in [3.8, 4) is 5.75 Å². The van der Waals surface area contributed by atoms with E-state index in [4.69, 9.17) is 4.74 Å². The highest BCUT2D eigenvalue weighted by Gasteiger charge is 2.50. The Morgan fingerprint density at radius 1 is 1.19 bits per heavy atom. The van der Waals surface area contributed by atoms with E-state index in [-0.39, 0.29) is 13.1 Å². The zero-order chi connectivity index (χ0) is 22.6. The number of nitrogens with one attached hydrogen (secondary N) is 2. The molecule has 3 rings (SSSR count). The monoisotopic (exact) mass is 426 g/mol. The summed E-state index contributed by atoms with van der Waals surface area (Å²) < 4.78 is 5.13. The Kier molecular flexibility index (Phi) is 6.45. The minimum Gasteiger partial charge on any atom is -0.497 e. The Hall–Kier alpha value is -3.59. The fourth-order valence-electron chi connectivity index (χ4n) is 3.41. The predicted molar refractivity (Wildman–Crippen MR) is 114 cm³/mol. The Morgan fingerprint density at radius 3 is 2.42 bits per heavy atom. The van der Waals surface area contributed by atoms with Gasteiger partial charge < -0.3 is 20.1 Å². The van der Waals surface area contributed by atoms with Crippen molar-refractivity contribution in [1.29, 1.82) is 0 Å². The van der Waals surface area contributed by atoms with Gasteiger partial charge in [-0.2, -0.15) is 5.01 Å². The van der Waals surface area contributed by atoms with E-state index >= 15 is 0 Å². The number of carbonyl (C=O) groups is 3. The molecular formula is C22H26N4O5. The van der Waals surface area contributed by atoms with Gasteiger partial charge >= 0.3 is 6.03 Å². The Bertz CT molecular complexity index is 948. The van der Waals surface area contributed by atoms with Gasteiger partial charge in [0.1, 0.15) is 11.3 Å². The van der Waals surface area contributed by atoms with Crippen molar-refractivity contribution in [2.45, 2.75) is 25.5 Å². The molecule has 2 aromatic carbocycles. The van der Waals surface area contributed by atoms with E-state index in [1.54, 1.807) is 43.0 Å². The quantitative estimate of drug-likeness (QED) is 0.550. The third-order valence-electron chi connectivity index (χ3n) is 5.04. The third kappa shape index (κ3) is 4.77. The molecule has 0 spiro atoms. The van der Waals surface area contributed by atoms with Gasteiger partial charge in [0.15, 0.2) is 0 Å². The lowest BCUT2D eigenvalue weighted by Crippen LogP contribution is -2.51. The molecule has 0 bridgehead atoms. The standard InChI is InChI=1S/C22H26N4O5/c1-15(27)13-25(17-7-5-4-6-8-17)14-19(28)24-26-20(29)22(2,23-21(26)30)16-9-11-18(31-3)12-10-16/h4-12,15,27H,13-14H2,1-3H3,(H,23,30)(H,24,28). The number of carbonyl (C=O) groups excluding carboxylic acids is 3. The van der Waals surface area contributed by atoms with Crippen LogP contribution in [0.5, 0.6) is 5.75 Å². The number of urea groups is 1. The van der Waals surface area contributed by atoms with E-state index in [0.29, 0.717) is 16.3 Å². The number of hydrazine groups is 1. The molecule has 1 saturated heterocycles. The molecule has 31 heavy (non-hydrogen) atoms. The van der Waals surface area contributed by atoms with E-state index in [2.05, 4.69) is 10.7 Å². The highest BCUT2D eigenvalue weighted by atomic mass is 16.5. The van der Waals surface area contributed by atoms with Gasteiger partial charge in [0.05, 0.1) is 19.8 Å². The van der Waals surface area contributed by atoms with Gasteiger partial charge in [0.25, 0.3) is 11.8 Å². The molecule has 1 aliphatic heterocycles. The highest BCUT2D eigenvalue weighted by Crippen LogP contribution is 2.29. The van der Waals surface area contributed by atoms with Crippen molar-refractivity contribution in [2.24, 2.45) is 0 Å². The molecule has 1 fully saturated rings. The number of methoxy groups -OCH3 is 1.